The zero-order valence-electron chi connectivity index (χ0n) is 38.7. The normalized spacial score (nSPS) is 13.5. The number of rotatable bonds is 6. The Morgan fingerprint density at radius 1 is 0.263 bits per heavy atom. The molecule has 11 aromatic rings. The Bertz CT molecular complexity index is 3730. The highest BCUT2D eigenvalue weighted by atomic mass is 15.1. The van der Waals surface area contributed by atoms with Crippen molar-refractivity contribution in [2.45, 2.75) is 0 Å². The van der Waals surface area contributed by atoms with E-state index in [0.717, 1.165) is 65.0 Å². The van der Waals surface area contributed by atoms with E-state index in [4.69, 9.17) is 0 Å². The predicted molar refractivity (Wildman–Crippen MR) is 245 cm³/mol. The van der Waals surface area contributed by atoms with Crippen LogP contribution in [-0.4, -0.2) is 0 Å². The van der Waals surface area contributed by atoms with Gasteiger partial charge in [0.1, 0.15) is 0 Å². The van der Waals surface area contributed by atoms with Crippen LogP contribution < -0.4 is 4.90 Å². The Morgan fingerprint density at radius 3 is 1.33 bits per heavy atom. The van der Waals surface area contributed by atoms with Crippen LogP contribution in [0.2, 0.25) is 0 Å². The Balaban J connectivity index is 1.19. The highest BCUT2D eigenvalue weighted by molar-refractivity contribution is 6.15. The van der Waals surface area contributed by atoms with Gasteiger partial charge in [-0.3, -0.25) is 0 Å². The van der Waals surface area contributed by atoms with Gasteiger partial charge < -0.3 is 4.90 Å². The van der Waals surface area contributed by atoms with E-state index in [-0.39, 0.29) is 46.7 Å². The van der Waals surface area contributed by atoms with Crippen LogP contribution in [-0.2, 0) is 0 Å². The van der Waals surface area contributed by atoms with Crippen LogP contribution in [0.5, 0.6) is 0 Å². The molecule has 0 aliphatic carbocycles. The quantitative estimate of drug-likeness (QED) is 0.154. The van der Waals surface area contributed by atoms with Gasteiger partial charge in [-0.1, -0.05) is 170 Å². The molecule has 0 fully saturated rings. The van der Waals surface area contributed by atoms with E-state index in [1.807, 2.05) is 133 Å². The molecule has 0 spiro atoms. The van der Waals surface area contributed by atoms with Gasteiger partial charge in [0, 0.05) is 17.1 Å². The first-order chi connectivity index (χ1) is 31.6. The van der Waals surface area contributed by atoms with Gasteiger partial charge in [-0.2, -0.15) is 0 Å². The summed E-state index contributed by atoms with van der Waals surface area (Å²) in [6, 6.07) is 53.9. The smallest absolute Gasteiger partial charge is 0.0645 e. The average molecular weight is 732 g/mol. The van der Waals surface area contributed by atoms with Gasteiger partial charge in [-0.05, 0) is 142 Å². The van der Waals surface area contributed by atoms with Crippen LogP contribution in [0.25, 0.3) is 87.2 Å². The lowest BCUT2D eigenvalue weighted by molar-refractivity contribution is 1.28. The molecule has 1 heteroatoms. The van der Waals surface area contributed by atoms with Crippen LogP contribution in [0.15, 0.2) is 224 Å². The van der Waals surface area contributed by atoms with E-state index < -0.39 is 24.2 Å². The number of hydrogen-bond acceptors (Lipinski definition) is 1. The van der Waals surface area contributed by atoms with E-state index in [1.54, 1.807) is 12.1 Å². The van der Waals surface area contributed by atoms with Gasteiger partial charge in [-0.15, -0.1) is 0 Å². The Hall–Kier alpha value is -7.48. The molecule has 0 N–H and O–H groups in total. The molecule has 0 aliphatic heterocycles. The van der Waals surface area contributed by atoms with E-state index >= 15 is 0 Å². The molecule has 0 aliphatic rings. The number of nitrogens with zero attached hydrogens (tertiary/aromatic N) is 1. The Kier molecular flexibility index (Phi) is 6.13. The third kappa shape index (κ3) is 5.80. The molecular weight excluding hydrogens is 687 g/mol. The second kappa shape index (κ2) is 13.7. The first-order valence-corrected chi connectivity index (χ1v) is 19.0. The van der Waals surface area contributed by atoms with E-state index in [1.165, 1.54) is 4.90 Å². The summed E-state index contributed by atoms with van der Waals surface area (Å²) in [5.74, 6) is 0. The Morgan fingerprint density at radius 2 is 0.737 bits per heavy atom. The second-order valence-corrected chi connectivity index (χ2v) is 14.3. The fourth-order valence-electron chi connectivity index (χ4n) is 8.20. The van der Waals surface area contributed by atoms with Crippen LogP contribution in [0, 0.1) is 0 Å². The van der Waals surface area contributed by atoms with Gasteiger partial charge in [-0.25, -0.2) is 0 Å². The molecule has 0 amide bonds. The van der Waals surface area contributed by atoms with Crippen molar-refractivity contribution in [3.8, 4) is 33.4 Å². The summed E-state index contributed by atoms with van der Waals surface area (Å²) in [7, 11) is 0. The number of fused-ring (bicyclic) bond motifs is 7. The minimum Gasteiger partial charge on any atom is -0.310 e. The van der Waals surface area contributed by atoms with E-state index in [9.17, 15) is 11.0 Å². The fraction of sp³-hybridized carbons (Fsp3) is 0. The molecule has 11 aromatic carbocycles. The predicted octanol–water partition coefficient (Wildman–Crippen LogP) is 15.9. The fourth-order valence-corrected chi connectivity index (χ4v) is 8.20. The van der Waals surface area contributed by atoms with Crippen LogP contribution >= 0.6 is 0 Å². The van der Waals surface area contributed by atoms with Gasteiger partial charge in [0.25, 0.3) is 0 Å². The van der Waals surface area contributed by atoms with Crippen molar-refractivity contribution in [1.29, 1.82) is 0 Å². The van der Waals surface area contributed by atoms with Gasteiger partial charge in [0.05, 0.1) is 11.0 Å². The monoisotopic (exact) mass is 731 g/mol. The lowest BCUT2D eigenvalue weighted by atomic mass is 9.93. The summed E-state index contributed by atoms with van der Waals surface area (Å²) in [6.07, 6.45) is 0. The molecule has 0 atom stereocenters. The summed E-state index contributed by atoms with van der Waals surface area (Å²) in [4.78, 5) is 1.39. The van der Waals surface area contributed by atoms with Crippen molar-refractivity contribution in [3.63, 3.8) is 0 Å². The highest BCUT2D eigenvalue weighted by Gasteiger charge is 2.17. The molecule has 0 aromatic heterocycles. The van der Waals surface area contributed by atoms with E-state index in [2.05, 4.69) is 30.3 Å². The van der Waals surface area contributed by atoms with Crippen molar-refractivity contribution in [3.05, 3.63) is 224 Å². The number of hydrogen-bond donors (Lipinski definition) is 0. The molecule has 266 valence electrons. The maximum absolute atomic E-state index is 9.79. The largest absolute Gasteiger partial charge is 0.310 e. The van der Waals surface area contributed by atoms with Gasteiger partial charge in [0.15, 0.2) is 0 Å². The molecular formula is C56H37N. The molecule has 0 radical (unpaired) electrons. The van der Waals surface area contributed by atoms with Crippen molar-refractivity contribution in [1.82, 2.24) is 0 Å². The molecule has 57 heavy (non-hydrogen) atoms. The molecule has 0 heterocycles. The third-order valence-electron chi connectivity index (χ3n) is 10.9. The van der Waals surface area contributed by atoms with Crippen LogP contribution in [0.3, 0.4) is 0 Å². The zero-order chi connectivity index (χ0) is 44.7. The van der Waals surface area contributed by atoms with Crippen molar-refractivity contribution < 1.29 is 11.0 Å². The van der Waals surface area contributed by atoms with Gasteiger partial charge >= 0.3 is 0 Å². The topological polar surface area (TPSA) is 3.24 Å². The minimum absolute atomic E-state index is 0.115. The molecule has 0 unspecified atom stereocenters. The first-order valence-electron chi connectivity index (χ1n) is 23.0. The minimum atomic E-state index is -0.393. The highest BCUT2D eigenvalue weighted by Crippen LogP contribution is 2.42. The average Bonchev–Trinajstić information content (AvgIpc) is 3.34. The SMILES string of the molecule is [2H]c1c([2H])c(N(c2cccc(-c3cc4ccccc4c4ccccc34)c2)c2c([2H])c([2H])c(-c3cc4ccccc4c4ccccc34)c([2H])c2[2H])c([2H])c([2H])c1-c1ccc2ccccc2c1. The number of anilines is 3. The third-order valence-corrected chi connectivity index (χ3v) is 10.9. The van der Waals surface area contributed by atoms with Crippen molar-refractivity contribution in [2.24, 2.45) is 0 Å². The molecule has 0 saturated heterocycles. The molecule has 1 nitrogen and oxygen atoms in total. The lowest BCUT2D eigenvalue weighted by Crippen LogP contribution is -2.10. The zero-order valence-corrected chi connectivity index (χ0v) is 30.7. The second-order valence-electron chi connectivity index (χ2n) is 14.3. The summed E-state index contributed by atoms with van der Waals surface area (Å²) in [6.45, 7) is 0. The summed E-state index contributed by atoms with van der Waals surface area (Å²) in [5, 5.41) is 9.61. The summed E-state index contributed by atoms with van der Waals surface area (Å²) >= 11 is 0. The van der Waals surface area contributed by atoms with Crippen molar-refractivity contribution in [2.75, 3.05) is 4.90 Å². The van der Waals surface area contributed by atoms with Crippen LogP contribution in [0.4, 0.5) is 17.1 Å². The molecule has 0 bridgehead atoms. The maximum Gasteiger partial charge on any atom is 0.0645 e. The van der Waals surface area contributed by atoms with E-state index in [0.29, 0.717) is 16.8 Å². The Labute approximate surface area is 343 Å². The van der Waals surface area contributed by atoms with Crippen molar-refractivity contribution >= 4 is 70.9 Å². The van der Waals surface area contributed by atoms with Gasteiger partial charge in [0.2, 0.25) is 0 Å². The lowest BCUT2D eigenvalue weighted by Gasteiger charge is -2.27. The number of benzene rings is 11. The summed E-state index contributed by atoms with van der Waals surface area (Å²) in [5.41, 5.74) is 2.91. The maximum atomic E-state index is 9.79. The van der Waals surface area contributed by atoms with Crippen LogP contribution in [0.1, 0.15) is 11.0 Å². The first kappa shape index (κ1) is 25.6. The molecule has 0 saturated carbocycles. The molecule has 11 rings (SSSR count). The summed E-state index contributed by atoms with van der Waals surface area (Å²) < 4.78 is 77.2. The standard InChI is InChI=1S/C56H37N/c1-2-13-41-34-42(25-24-38(41)12-1)39-26-30-46(31-27-39)57(47-32-28-40(29-33-47)55-36-44-14-3-5-18-49(44)51-20-7-9-22-53(51)55)48-17-11-16-43(35-48)56-37-45-15-4-6-19-50(45)52-21-8-10-23-54(52)56/h1-37H/i26D,27D,28D,29D,30D,31D,32D,33D.